The Morgan fingerprint density at radius 2 is 1.78 bits per heavy atom. The molecule has 8 nitrogen and oxygen atoms in total. The van der Waals surface area contributed by atoms with Crippen LogP contribution in [0, 0.1) is 23.0 Å². The lowest BCUT2D eigenvalue weighted by molar-refractivity contribution is -0.840. The molecule has 1 aromatic carbocycles. The van der Waals surface area contributed by atoms with Gasteiger partial charge in [-0.3, -0.25) is 19.0 Å². The summed E-state index contributed by atoms with van der Waals surface area (Å²) in [6.07, 6.45) is 6.90. The number of nitrogens with one attached hydrogen (secondary N) is 1. The van der Waals surface area contributed by atoms with Crippen LogP contribution in [0.3, 0.4) is 0 Å². The quantitative estimate of drug-likeness (QED) is 0.391. The van der Waals surface area contributed by atoms with Crippen molar-refractivity contribution in [3.63, 3.8) is 0 Å². The zero-order chi connectivity index (χ0) is 33.6. The standard InChI is InChI=1S/C36H50F2N4O4/c1-8-39-32(43)31-18-26(41(33(44)23-13-16-46-22-23)25-11-14-36(5,6)15-12-25)21-42(31,7)34(45)29-20-40(35(2,3)4)19-28(29)27-10-9-24(37)17-30(27)38/h9-10,13,16-17,22,25-26,28-29,31H,8,11-12,14-15,18-21H2,1-7H3/p+1/t26-,28-,29+,31-,42?/m0/s1. The van der Waals surface area contributed by atoms with E-state index in [0.717, 1.165) is 31.7 Å². The fourth-order valence-corrected chi connectivity index (χ4v) is 8.16. The first kappa shape index (κ1) is 34.2. The molecule has 5 atom stereocenters. The molecule has 5 rings (SSSR count). The number of nitrogens with zero attached hydrogens (tertiary/aromatic N) is 3. The number of rotatable bonds is 7. The van der Waals surface area contributed by atoms with Crippen molar-refractivity contribution in [1.29, 1.82) is 0 Å². The van der Waals surface area contributed by atoms with Crippen LogP contribution in [-0.4, -0.2) is 88.9 Å². The normalized spacial score (nSPS) is 28.7. The van der Waals surface area contributed by atoms with Crippen LogP contribution in [-0.2, 0) is 9.59 Å². The lowest BCUT2D eigenvalue weighted by Crippen LogP contribution is -2.61. The van der Waals surface area contributed by atoms with Gasteiger partial charge in [-0.1, -0.05) is 19.9 Å². The predicted molar refractivity (Wildman–Crippen MR) is 172 cm³/mol. The number of quaternary nitrogens is 1. The molecule has 0 bridgehead atoms. The molecule has 3 heterocycles. The molecule has 0 radical (unpaired) electrons. The van der Waals surface area contributed by atoms with E-state index >= 15 is 9.18 Å². The van der Waals surface area contributed by atoms with Crippen molar-refractivity contribution >= 4 is 17.7 Å². The average Bonchev–Trinajstić information content (AvgIpc) is 3.73. The number of carbonyl (C=O) groups is 3. The topological polar surface area (TPSA) is 82.9 Å². The third kappa shape index (κ3) is 6.65. The first-order valence-corrected chi connectivity index (χ1v) is 16.8. The van der Waals surface area contributed by atoms with Crippen LogP contribution in [0.2, 0.25) is 0 Å². The van der Waals surface area contributed by atoms with Crippen molar-refractivity contribution in [2.75, 3.05) is 33.2 Å². The number of carbonyl (C=O) groups excluding carboxylic acids is 3. The third-order valence-electron chi connectivity index (χ3n) is 11.0. The molecule has 3 fully saturated rings. The lowest BCUT2D eigenvalue weighted by atomic mass is 9.75. The maximum Gasteiger partial charge on any atom is 0.319 e. The van der Waals surface area contributed by atoms with Crippen molar-refractivity contribution in [1.82, 2.24) is 15.1 Å². The minimum Gasteiger partial charge on any atom is -0.472 e. The summed E-state index contributed by atoms with van der Waals surface area (Å²) in [6.45, 7) is 14.0. The number of halogens is 2. The van der Waals surface area contributed by atoms with E-state index in [1.807, 2.05) is 18.9 Å². The summed E-state index contributed by atoms with van der Waals surface area (Å²) in [5, 5.41) is 2.95. The molecule has 2 aliphatic heterocycles. The highest BCUT2D eigenvalue weighted by Crippen LogP contribution is 2.44. The van der Waals surface area contributed by atoms with Crippen LogP contribution in [0.4, 0.5) is 8.78 Å². The number of likely N-dealkylation sites (tertiary alicyclic amines) is 2. The maximum atomic E-state index is 15.3. The number of hydrogen-bond acceptors (Lipinski definition) is 5. The molecule has 1 unspecified atom stereocenters. The molecule has 3 amide bonds. The Balaban J connectivity index is 1.53. The van der Waals surface area contributed by atoms with E-state index in [1.54, 1.807) is 6.07 Å². The second kappa shape index (κ2) is 12.8. The fourth-order valence-electron chi connectivity index (χ4n) is 8.16. The highest BCUT2D eigenvalue weighted by Gasteiger charge is 2.59. The van der Waals surface area contributed by atoms with Crippen molar-refractivity contribution in [3.8, 4) is 0 Å². The average molecular weight is 642 g/mol. The lowest BCUT2D eigenvalue weighted by Gasteiger charge is -2.42. The van der Waals surface area contributed by atoms with E-state index in [9.17, 15) is 14.0 Å². The zero-order valence-electron chi connectivity index (χ0n) is 28.4. The van der Waals surface area contributed by atoms with Gasteiger partial charge in [0.25, 0.3) is 11.8 Å². The fraction of sp³-hybridized carbons (Fsp3) is 0.639. The van der Waals surface area contributed by atoms with Gasteiger partial charge in [-0.25, -0.2) is 13.6 Å². The number of likely N-dealkylation sites (N-methyl/N-ethyl adjacent to an activating group) is 2. The van der Waals surface area contributed by atoms with Gasteiger partial charge in [-0.15, -0.1) is 0 Å². The summed E-state index contributed by atoms with van der Waals surface area (Å²) in [6, 6.07) is 4.12. The number of benzene rings is 1. The van der Waals surface area contributed by atoms with Gasteiger partial charge >= 0.3 is 5.91 Å². The summed E-state index contributed by atoms with van der Waals surface area (Å²) in [5.74, 6) is -3.01. The zero-order valence-corrected chi connectivity index (χ0v) is 28.4. The first-order chi connectivity index (χ1) is 21.6. The van der Waals surface area contributed by atoms with Crippen LogP contribution in [0.25, 0.3) is 0 Å². The van der Waals surface area contributed by atoms with Crippen LogP contribution >= 0.6 is 0 Å². The Hall–Kier alpha value is -3.11. The Labute approximate surface area is 272 Å². The molecule has 1 aliphatic carbocycles. The minimum absolute atomic E-state index is 0.0270. The Morgan fingerprint density at radius 3 is 2.37 bits per heavy atom. The van der Waals surface area contributed by atoms with Crippen molar-refractivity contribution in [2.45, 2.75) is 103 Å². The molecule has 3 aliphatic rings. The van der Waals surface area contributed by atoms with Crippen LogP contribution < -0.4 is 5.32 Å². The van der Waals surface area contributed by atoms with Gasteiger partial charge in [-0.2, -0.15) is 0 Å². The summed E-state index contributed by atoms with van der Waals surface area (Å²) in [4.78, 5) is 47.0. The second-order valence-corrected chi connectivity index (χ2v) is 15.7. The van der Waals surface area contributed by atoms with Crippen molar-refractivity contribution < 1.29 is 32.1 Å². The van der Waals surface area contributed by atoms with E-state index in [2.05, 4.69) is 44.8 Å². The molecule has 1 aromatic heterocycles. The molecule has 46 heavy (non-hydrogen) atoms. The number of hydrogen-bond donors (Lipinski definition) is 1. The highest BCUT2D eigenvalue weighted by atomic mass is 19.1. The first-order valence-electron chi connectivity index (χ1n) is 16.8. The highest BCUT2D eigenvalue weighted by molar-refractivity contribution is 5.94. The molecular weight excluding hydrogens is 590 g/mol. The maximum absolute atomic E-state index is 15.3. The molecule has 1 saturated carbocycles. The number of furan rings is 1. The molecule has 252 valence electrons. The Bertz CT molecular complexity index is 1430. The largest absolute Gasteiger partial charge is 0.472 e. The van der Waals surface area contributed by atoms with Gasteiger partial charge in [0.1, 0.15) is 24.4 Å². The van der Waals surface area contributed by atoms with Crippen LogP contribution in [0.1, 0.15) is 95.5 Å². The van der Waals surface area contributed by atoms with Gasteiger partial charge in [-0.05, 0) is 76.5 Å². The van der Waals surface area contributed by atoms with Gasteiger partial charge in [0, 0.05) is 49.6 Å². The molecule has 2 aromatic rings. The van der Waals surface area contributed by atoms with Gasteiger partial charge in [0.05, 0.1) is 30.8 Å². The van der Waals surface area contributed by atoms with E-state index in [4.69, 9.17) is 4.42 Å². The van der Waals surface area contributed by atoms with Crippen molar-refractivity contribution in [3.05, 3.63) is 59.6 Å². The van der Waals surface area contributed by atoms with Gasteiger partial charge < -0.3 is 14.6 Å². The monoisotopic (exact) mass is 641 g/mol. The Kier molecular flexibility index (Phi) is 9.55. The Morgan fingerprint density at radius 1 is 1.09 bits per heavy atom. The molecular formula is C36H51F2N4O4+. The van der Waals surface area contributed by atoms with Gasteiger partial charge in [0.2, 0.25) is 0 Å². The smallest absolute Gasteiger partial charge is 0.319 e. The summed E-state index contributed by atoms with van der Waals surface area (Å²) < 4.78 is 34.4. The van der Waals surface area contributed by atoms with Crippen LogP contribution in [0.15, 0.2) is 41.2 Å². The summed E-state index contributed by atoms with van der Waals surface area (Å²) in [7, 11) is 1.81. The molecule has 1 N–H and O–H groups in total. The minimum atomic E-state index is -0.723. The van der Waals surface area contributed by atoms with E-state index < -0.39 is 29.5 Å². The van der Waals surface area contributed by atoms with E-state index in [0.29, 0.717) is 37.2 Å². The van der Waals surface area contributed by atoms with Gasteiger partial charge in [0.15, 0.2) is 6.04 Å². The second-order valence-electron chi connectivity index (χ2n) is 15.7. The molecule has 2 saturated heterocycles. The van der Waals surface area contributed by atoms with E-state index in [1.165, 1.54) is 24.7 Å². The predicted octanol–water partition coefficient (Wildman–Crippen LogP) is 5.73. The number of amides is 3. The summed E-state index contributed by atoms with van der Waals surface area (Å²) in [5.41, 5.74) is 0.657. The molecule has 0 spiro atoms. The van der Waals surface area contributed by atoms with Crippen LogP contribution in [0.5, 0.6) is 0 Å². The van der Waals surface area contributed by atoms with Crippen molar-refractivity contribution in [2.24, 2.45) is 11.3 Å². The SMILES string of the molecule is CCNC(=O)[C@@H]1C[C@H](N(C(=O)c2ccoc2)C2CCC(C)(C)CC2)C[N+]1(C)C(=O)[C@@H]1CN(C(C)(C)C)C[C@H]1c1ccc(F)cc1F. The summed E-state index contributed by atoms with van der Waals surface area (Å²) >= 11 is 0. The third-order valence-corrected chi connectivity index (χ3v) is 11.0. The van der Waals surface area contributed by atoms with E-state index in [-0.39, 0.29) is 51.8 Å². The molecule has 10 heteroatoms.